The molecule has 1 N–H and O–H groups in total. The Morgan fingerprint density at radius 3 is 2.48 bits per heavy atom. The van der Waals surface area contributed by atoms with Crippen LogP contribution in [-0.4, -0.2) is 19.1 Å². The van der Waals surface area contributed by atoms with Gasteiger partial charge in [0, 0.05) is 5.69 Å². The van der Waals surface area contributed by atoms with Crippen molar-refractivity contribution in [2.24, 2.45) is 0 Å². The van der Waals surface area contributed by atoms with Gasteiger partial charge in [0.05, 0.1) is 6.61 Å². The van der Waals surface area contributed by atoms with Crippen LogP contribution in [0.4, 0.5) is 5.69 Å². The lowest BCUT2D eigenvalue weighted by Gasteiger charge is -2.11. The lowest BCUT2D eigenvalue weighted by atomic mass is 10.0. The van der Waals surface area contributed by atoms with Crippen LogP contribution in [0.1, 0.15) is 45.1 Å². The van der Waals surface area contributed by atoms with Crippen LogP contribution in [0.2, 0.25) is 0 Å². The Morgan fingerprint density at radius 2 is 1.80 bits per heavy atom. The third-order valence-electron chi connectivity index (χ3n) is 3.80. The van der Waals surface area contributed by atoms with Crippen LogP contribution in [0.3, 0.4) is 0 Å². The Hall–Kier alpha value is -2.49. The van der Waals surface area contributed by atoms with Crippen molar-refractivity contribution in [1.82, 2.24) is 0 Å². The van der Waals surface area contributed by atoms with Gasteiger partial charge < -0.3 is 14.8 Å². The molecule has 2 aromatic carbocycles. The molecule has 0 aromatic heterocycles. The van der Waals surface area contributed by atoms with E-state index in [0.717, 1.165) is 24.3 Å². The highest BCUT2D eigenvalue weighted by Crippen LogP contribution is 2.20. The summed E-state index contributed by atoms with van der Waals surface area (Å²) < 4.78 is 11.2. The summed E-state index contributed by atoms with van der Waals surface area (Å²) in [6, 6.07) is 15.2. The van der Waals surface area contributed by atoms with Gasteiger partial charge in [-0.3, -0.25) is 4.79 Å². The maximum atomic E-state index is 12.0. The van der Waals surface area contributed by atoms with Gasteiger partial charge in [-0.1, -0.05) is 39.3 Å². The predicted octanol–water partition coefficient (Wildman–Crippen LogP) is 5.01. The fourth-order valence-corrected chi connectivity index (χ4v) is 2.28. The van der Waals surface area contributed by atoms with Crippen LogP contribution in [0, 0.1) is 0 Å². The second-order valence-corrected chi connectivity index (χ2v) is 6.29. The minimum Gasteiger partial charge on any atom is -0.494 e. The second kappa shape index (κ2) is 9.72. The van der Waals surface area contributed by atoms with Gasteiger partial charge in [0.15, 0.2) is 6.61 Å². The molecule has 0 spiro atoms. The van der Waals surface area contributed by atoms with E-state index in [-0.39, 0.29) is 12.5 Å². The smallest absolute Gasteiger partial charge is 0.262 e. The average Bonchev–Trinajstić information content (AvgIpc) is 2.62. The normalized spacial score (nSPS) is 10.6. The Labute approximate surface area is 150 Å². The Kier molecular flexibility index (Phi) is 7.33. The van der Waals surface area contributed by atoms with Crippen molar-refractivity contribution < 1.29 is 14.3 Å². The molecule has 0 atom stereocenters. The molecular weight excluding hydrogens is 314 g/mol. The summed E-state index contributed by atoms with van der Waals surface area (Å²) in [7, 11) is 0. The Morgan fingerprint density at radius 1 is 1.04 bits per heavy atom. The van der Waals surface area contributed by atoms with Crippen LogP contribution >= 0.6 is 0 Å². The lowest BCUT2D eigenvalue weighted by molar-refractivity contribution is -0.118. The second-order valence-electron chi connectivity index (χ2n) is 6.29. The van der Waals surface area contributed by atoms with E-state index in [1.54, 1.807) is 0 Å². The molecule has 0 unspecified atom stereocenters. The summed E-state index contributed by atoms with van der Waals surface area (Å²) in [5.74, 6) is 1.76. The number of hydrogen-bond acceptors (Lipinski definition) is 3. The molecule has 2 rings (SSSR count). The summed E-state index contributed by atoms with van der Waals surface area (Å²) in [5, 5.41) is 2.82. The number of nitrogens with one attached hydrogen (secondary N) is 1. The number of unbranched alkanes of at least 4 members (excludes halogenated alkanes) is 1. The molecule has 1 amide bonds. The summed E-state index contributed by atoms with van der Waals surface area (Å²) in [6.07, 6.45) is 2.14. The number of anilines is 1. The standard InChI is InChI=1S/C21H27NO3/c1-4-5-13-24-19-11-9-18(10-12-19)22-21(23)15-25-20-8-6-7-17(14-20)16(2)3/h6-12,14,16H,4-5,13,15H2,1-3H3,(H,22,23). The first kappa shape index (κ1) is 18.8. The molecule has 0 fully saturated rings. The number of amides is 1. The molecule has 0 aliphatic heterocycles. The molecule has 0 heterocycles. The summed E-state index contributed by atoms with van der Waals surface area (Å²) >= 11 is 0. The number of rotatable bonds is 9. The molecule has 0 aliphatic carbocycles. The first-order valence-corrected chi connectivity index (χ1v) is 8.84. The van der Waals surface area contributed by atoms with Crippen LogP contribution < -0.4 is 14.8 Å². The fourth-order valence-electron chi connectivity index (χ4n) is 2.28. The van der Waals surface area contributed by atoms with E-state index in [0.29, 0.717) is 18.3 Å². The molecule has 25 heavy (non-hydrogen) atoms. The van der Waals surface area contributed by atoms with Crippen molar-refractivity contribution in [3.63, 3.8) is 0 Å². The van der Waals surface area contributed by atoms with Crippen LogP contribution in [0.5, 0.6) is 11.5 Å². The van der Waals surface area contributed by atoms with Crippen molar-refractivity contribution >= 4 is 11.6 Å². The zero-order valence-electron chi connectivity index (χ0n) is 15.2. The maximum Gasteiger partial charge on any atom is 0.262 e. The van der Waals surface area contributed by atoms with E-state index in [4.69, 9.17) is 9.47 Å². The van der Waals surface area contributed by atoms with E-state index in [1.165, 1.54) is 5.56 Å². The molecule has 134 valence electrons. The van der Waals surface area contributed by atoms with Crippen LogP contribution in [-0.2, 0) is 4.79 Å². The van der Waals surface area contributed by atoms with Crippen molar-refractivity contribution in [1.29, 1.82) is 0 Å². The molecule has 0 radical (unpaired) electrons. The first-order chi connectivity index (χ1) is 12.1. The Bertz CT molecular complexity index is 665. The highest BCUT2D eigenvalue weighted by atomic mass is 16.5. The average molecular weight is 341 g/mol. The highest BCUT2D eigenvalue weighted by molar-refractivity contribution is 5.91. The zero-order valence-corrected chi connectivity index (χ0v) is 15.2. The van der Waals surface area contributed by atoms with Gasteiger partial charge in [0.2, 0.25) is 0 Å². The van der Waals surface area contributed by atoms with E-state index >= 15 is 0 Å². The van der Waals surface area contributed by atoms with Gasteiger partial charge in [-0.15, -0.1) is 0 Å². The van der Waals surface area contributed by atoms with Crippen molar-refractivity contribution in [2.75, 3.05) is 18.5 Å². The molecular formula is C21H27NO3. The molecule has 0 saturated carbocycles. The van der Waals surface area contributed by atoms with Crippen LogP contribution in [0.15, 0.2) is 48.5 Å². The third kappa shape index (κ3) is 6.49. The van der Waals surface area contributed by atoms with E-state index in [1.807, 2.05) is 42.5 Å². The lowest BCUT2D eigenvalue weighted by Crippen LogP contribution is -2.20. The summed E-state index contributed by atoms with van der Waals surface area (Å²) in [4.78, 5) is 12.0. The van der Waals surface area contributed by atoms with E-state index in [9.17, 15) is 4.79 Å². The number of benzene rings is 2. The third-order valence-corrected chi connectivity index (χ3v) is 3.80. The number of hydrogen-bond donors (Lipinski definition) is 1. The van der Waals surface area contributed by atoms with Gasteiger partial charge in [-0.05, 0) is 54.3 Å². The SMILES string of the molecule is CCCCOc1ccc(NC(=O)COc2cccc(C(C)C)c2)cc1. The van der Waals surface area contributed by atoms with E-state index < -0.39 is 0 Å². The monoisotopic (exact) mass is 341 g/mol. The predicted molar refractivity (Wildman–Crippen MR) is 102 cm³/mol. The fraction of sp³-hybridized carbons (Fsp3) is 0.381. The summed E-state index contributed by atoms with van der Waals surface area (Å²) in [5.41, 5.74) is 1.92. The molecule has 0 bridgehead atoms. The largest absolute Gasteiger partial charge is 0.494 e. The molecule has 0 saturated heterocycles. The van der Waals surface area contributed by atoms with Crippen molar-refractivity contribution in [3.05, 3.63) is 54.1 Å². The van der Waals surface area contributed by atoms with Gasteiger partial charge >= 0.3 is 0 Å². The van der Waals surface area contributed by atoms with Gasteiger partial charge in [-0.25, -0.2) is 0 Å². The van der Waals surface area contributed by atoms with Crippen molar-refractivity contribution in [3.8, 4) is 11.5 Å². The quantitative estimate of drug-likeness (QED) is 0.652. The maximum absolute atomic E-state index is 12.0. The molecule has 0 aliphatic rings. The van der Waals surface area contributed by atoms with Crippen molar-refractivity contribution in [2.45, 2.75) is 39.5 Å². The van der Waals surface area contributed by atoms with Crippen LogP contribution in [0.25, 0.3) is 0 Å². The van der Waals surface area contributed by atoms with E-state index in [2.05, 4.69) is 32.2 Å². The highest BCUT2D eigenvalue weighted by Gasteiger charge is 2.06. The minimum absolute atomic E-state index is 0.0176. The summed E-state index contributed by atoms with van der Waals surface area (Å²) in [6.45, 7) is 7.08. The molecule has 2 aromatic rings. The first-order valence-electron chi connectivity index (χ1n) is 8.84. The molecule has 4 heteroatoms. The van der Waals surface area contributed by atoms with Gasteiger partial charge in [0.25, 0.3) is 5.91 Å². The topological polar surface area (TPSA) is 47.6 Å². The number of carbonyl (C=O) groups is 1. The number of ether oxygens (including phenoxy) is 2. The van der Waals surface area contributed by atoms with Gasteiger partial charge in [-0.2, -0.15) is 0 Å². The zero-order chi connectivity index (χ0) is 18.1. The minimum atomic E-state index is -0.186. The van der Waals surface area contributed by atoms with Gasteiger partial charge in [0.1, 0.15) is 11.5 Å². The Balaban J connectivity index is 1.81. The number of carbonyl (C=O) groups excluding carboxylic acids is 1. The molecule has 4 nitrogen and oxygen atoms in total.